The van der Waals surface area contributed by atoms with E-state index in [2.05, 4.69) is 0 Å². The number of esters is 1. The number of carbonyl (C=O) groups is 2. The summed E-state index contributed by atoms with van der Waals surface area (Å²) in [5.74, 6) is -1.43. The molecule has 0 bridgehead atoms. The van der Waals surface area contributed by atoms with Gasteiger partial charge in [-0.1, -0.05) is 36.4 Å². The molecule has 0 N–H and O–H groups in total. The molecule has 1 aliphatic rings. The van der Waals surface area contributed by atoms with E-state index in [1.165, 1.54) is 7.11 Å². The Hall–Kier alpha value is -1.94. The number of rotatable bonds is 3. The molecule has 94 valence electrons. The van der Waals surface area contributed by atoms with Gasteiger partial charge in [-0.05, 0) is 11.6 Å². The number of ketones is 1. The highest BCUT2D eigenvalue weighted by atomic mass is 16.6. The fourth-order valence-corrected chi connectivity index (χ4v) is 1.80. The summed E-state index contributed by atoms with van der Waals surface area (Å²) in [4.78, 5) is 22.7. The molecule has 0 aromatic heterocycles. The van der Waals surface area contributed by atoms with Crippen molar-refractivity contribution in [1.82, 2.24) is 0 Å². The third kappa shape index (κ3) is 2.84. The molecular weight excluding hydrogens is 232 g/mol. The predicted octanol–water partition coefficient (Wildman–Crippen LogP) is 1.60. The first-order chi connectivity index (χ1) is 8.70. The van der Waals surface area contributed by atoms with E-state index in [0.717, 1.165) is 5.56 Å². The largest absolute Gasteiger partial charge is 0.452 e. The van der Waals surface area contributed by atoms with Crippen molar-refractivity contribution in [2.45, 2.75) is 18.6 Å². The zero-order chi connectivity index (χ0) is 13.0. The Morgan fingerprint density at radius 2 is 2.00 bits per heavy atom. The molecule has 1 aromatic carbocycles. The number of hydrogen-bond acceptors (Lipinski definition) is 4. The van der Waals surface area contributed by atoms with Crippen molar-refractivity contribution < 1.29 is 19.1 Å². The van der Waals surface area contributed by atoms with E-state index in [0.29, 0.717) is 6.42 Å². The van der Waals surface area contributed by atoms with Gasteiger partial charge in [0.2, 0.25) is 0 Å². The summed E-state index contributed by atoms with van der Waals surface area (Å²) in [6.07, 6.45) is 2.88. The zero-order valence-corrected chi connectivity index (χ0v) is 10.0. The Morgan fingerprint density at radius 1 is 1.28 bits per heavy atom. The maximum Gasteiger partial charge on any atom is 0.378 e. The summed E-state index contributed by atoms with van der Waals surface area (Å²) < 4.78 is 9.97. The Balaban J connectivity index is 2.04. The lowest BCUT2D eigenvalue weighted by atomic mass is 10.0. The number of methoxy groups -OCH3 is 1. The van der Waals surface area contributed by atoms with Crippen LogP contribution in [0.2, 0.25) is 0 Å². The molecule has 0 aliphatic carbocycles. The minimum Gasteiger partial charge on any atom is -0.452 e. The van der Waals surface area contributed by atoms with Crippen LogP contribution in [0.15, 0.2) is 36.4 Å². The van der Waals surface area contributed by atoms with Crippen LogP contribution in [-0.2, 0) is 19.1 Å². The van der Waals surface area contributed by atoms with Crippen LogP contribution in [0.25, 0.3) is 6.08 Å². The van der Waals surface area contributed by atoms with Gasteiger partial charge < -0.3 is 9.47 Å². The first-order valence-electron chi connectivity index (χ1n) is 5.71. The maximum absolute atomic E-state index is 11.4. The van der Waals surface area contributed by atoms with Gasteiger partial charge in [-0.15, -0.1) is 0 Å². The van der Waals surface area contributed by atoms with Crippen LogP contribution in [0.3, 0.4) is 0 Å². The number of ether oxygens (including phenoxy) is 2. The molecule has 2 atom stereocenters. The predicted molar refractivity (Wildman–Crippen MR) is 65.8 cm³/mol. The minimum atomic E-state index is -0.823. The highest BCUT2D eigenvalue weighted by Crippen LogP contribution is 2.17. The lowest BCUT2D eigenvalue weighted by Crippen LogP contribution is -2.42. The highest BCUT2D eigenvalue weighted by molar-refractivity contribution is 6.36. The minimum absolute atomic E-state index is 0.365. The van der Waals surface area contributed by atoms with E-state index >= 15 is 0 Å². The Morgan fingerprint density at radius 3 is 2.67 bits per heavy atom. The normalized spacial score (nSPS) is 24.3. The molecule has 1 aromatic rings. The van der Waals surface area contributed by atoms with E-state index in [9.17, 15) is 9.59 Å². The second kappa shape index (κ2) is 5.60. The van der Waals surface area contributed by atoms with Crippen LogP contribution in [0.1, 0.15) is 12.0 Å². The van der Waals surface area contributed by atoms with Crippen LogP contribution < -0.4 is 0 Å². The molecule has 18 heavy (non-hydrogen) atoms. The van der Waals surface area contributed by atoms with Crippen LogP contribution in [0.4, 0.5) is 0 Å². The van der Waals surface area contributed by atoms with E-state index < -0.39 is 24.0 Å². The maximum atomic E-state index is 11.4. The Bertz CT molecular complexity index is 464. The molecule has 0 saturated carbocycles. The Kier molecular flexibility index (Phi) is 3.89. The van der Waals surface area contributed by atoms with Crippen molar-refractivity contribution in [2.75, 3.05) is 7.11 Å². The lowest BCUT2D eigenvalue weighted by Gasteiger charge is -2.24. The van der Waals surface area contributed by atoms with Crippen molar-refractivity contribution in [1.29, 1.82) is 0 Å². The molecule has 0 radical (unpaired) electrons. The van der Waals surface area contributed by atoms with Crippen molar-refractivity contribution in [3.05, 3.63) is 42.0 Å². The van der Waals surface area contributed by atoms with Crippen LogP contribution in [-0.4, -0.2) is 31.1 Å². The SMILES string of the molecule is COC1CC(C=Cc2ccccc2)OC(=O)C1=O. The van der Waals surface area contributed by atoms with Crippen LogP contribution >= 0.6 is 0 Å². The molecule has 4 nitrogen and oxygen atoms in total. The van der Waals surface area contributed by atoms with Gasteiger partial charge in [0.25, 0.3) is 5.78 Å². The summed E-state index contributed by atoms with van der Waals surface area (Å²) in [7, 11) is 1.42. The van der Waals surface area contributed by atoms with Crippen LogP contribution in [0.5, 0.6) is 0 Å². The molecule has 1 heterocycles. The van der Waals surface area contributed by atoms with Gasteiger partial charge in [0.1, 0.15) is 12.2 Å². The van der Waals surface area contributed by atoms with Gasteiger partial charge in [0.15, 0.2) is 0 Å². The fourth-order valence-electron chi connectivity index (χ4n) is 1.80. The molecular formula is C14H14O4. The van der Waals surface area contributed by atoms with Crippen molar-refractivity contribution in [3.63, 3.8) is 0 Å². The summed E-state index contributed by atoms with van der Waals surface area (Å²) in [5.41, 5.74) is 1.01. The lowest BCUT2D eigenvalue weighted by molar-refractivity contribution is -0.168. The third-order valence-corrected chi connectivity index (χ3v) is 2.79. The molecule has 2 rings (SSSR count). The molecule has 0 amide bonds. The molecule has 1 saturated heterocycles. The van der Waals surface area contributed by atoms with Crippen LogP contribution in [0, 0.1) is 0 Å². The molecule has 1 fully saturated rings. The molecule has 4 heteroatoms. The number of hydrogen-bond donors (Lipinski definition) is 0. The topological polar surface area (TPSA) is 52.6 Å². The van der Waals surface area contributed by atoms with E-state index in [1.54, 1.807) is 6.08 Å². The average molecular weight is 246 g/mol. The third-order valence-electron chi connectivity index (χ3n) is 2.79. The van der Waals surface area contributed by atoms with Gasteiger partial charge in [0, 0.05) is 13.5 Å². The second-order valence-corrected chi connectivity index (χ2v) is 4.04. The van der Waals surface area contributed by atoms with Gasteiger partial charge >= 0.3 is 5.97 Å². The number of benzene rings is 1. The summed E-state index contributed by atoms with van der Waals surface area (Å²) in [5, 5.41) is 0. The first kappa shape index (κ1) is 12.5. The molecule has 1 aliphatic heterocycles. The summed E-state index contributed by atoms with van der Waals surface area (Å²) in [6.45, 7) is 0. The highest BCUT2D eigenvalue weighted by Gasteiger charge is 2.35. The zero-order valence-electron chi connectivity index (χ0n) is 10.0. The second-order valence-electron chi connectivity index (χ2n) is 4.04. The van der Waals surface area contributed by atoms with Gasteiger partial charge in [0.05, 0.1) is 0 Å². The van der Waals surface area contributed by atoms with E-state index in [-0.39, 0.29) is 0 Å². The standard InChI is InChI=1S/C14H14O4/c1-17-12-9-11(18-14(16)13(12)15)8-7-10-5-3-2-4-6-10/h2-8,11-12H,9H2,1H3. The van der Waals surface area contributed by atoms with Crippen molar-refractivity contribution >= 4 is 17.8 Å². The van der Waals surface area contributed by atoms with Gasteiger partial charge in [-0.3, -0.25) is 4.79 Å². The first-order valence-corrected chi connectivity index (χ1v) is 5.71. The van der Waals surface area contributed by atoms with Crippen molar-refractivity contribution in [2.24, 2.45) is 0 Å². The fraction of sp³-hybridized carbons (Fsp3) is 0.286. The summed E-state index contributed by atoms with van der Waals surface area (Å²) in [6, 6.07) is 9.67. The average Bonchev–Trinajstić information content (AvgIpc) is 2.41. The number of Topliss-reactive ketones (excluding diaryl/α,β-unsaturated/α-hetero) is 1. The van der Waals surface area contributed by atoms with E-state index in [1.807, 2.05) is 36.4 Å². The van der Waals surface area contributed by atoms with Gasteiger partial charge in [-0.2, -0.15) is 0 Å². The van der Waals surface area contributed by atoms with Gasteiger partial charge in [-0.25, -0.2) is 4.79 Å². The number of cyclic esters (lactones) is 1. The van der Waals surface area contributed by atoms with E-state index in [4.69, 9.17) is 9.47 Å². The summed E-state index contributed by atoms with van der Waals surface area (Å²) >= 11 is 0. The molecule has 2 unspecified atom stereocenters. The monoisotopic (exact) mass is 246 g/mol. The Labute approximate surface area is 105 Å². The molecule has 0 spiro atoms. The van der Waals surface area contributed by atoms with Crippen molar-refractivity contribution in [3.8, 4) is 0 Å². The smallest absolute Gasteiger partial charge is 0.378 e. The number of carbonyl (C=O) groups excluding carboxylic acids is 2. The quantitative estimate of drug-likeness (QED) is 0.600.